The highest BCUT2D eigenvalue weighted by Gasteiger charge is 2.33. The predicted octanol–water partition coefficient (Wildman–Crippen LogP) is 0.784. The van der Waals surface area contributed by atoms with Crippen molar-refractivity contribution in [3.05, 3.63) is 17.7 Å². The van der Waals surface area contributed by atoms with Crippen LogP contribution in [0.1, 0.15) is 67.0 Å². The second-order valence-electron chi connectivity index (χ2n) is 6.73. The van der Waals surface area contributed by atoms with Gasteiger partial charge < -0.3 is 4.74 Å². The Balaban J connectivity index is 1.38. The first kappa shape index (κ1) is 16.1. The van der Waals surface area contributed by atoms with Crippen LogP contribution in [0.2, 0.25) is 0 Å². The van der Waals surface area contributed by atoms with Gasteiger partial charge in [0.1, 0.15) is 0 Å². The molecular weight excluding hydrogens is 324 g/mol. The number of rotatable bonds is 5. The molecular formula is C15H22N8O2. The van der Waals surface area contributed by atoms with E-state index >= 15 is 0 Å². The van der Waals surface area contributed by atoms with Gasteiger partial charge in [0, 0.05) is 13.1 Å². The molecule has 2 aromatic heterocycles. The molecule has 0 spiro atoms. The maximum atomic E-state index is 11.5. The highest BCUT2D eigenvalue weighted by Crippen LogP contribution is 2.37. The van der Waals surface area contributed by atoms with Crippen molar-refractivity contribution in [1.82, 2.24) is 40.1 Å². The van der Waals surface area contributed by atoms with Crippen LogP contribution >= 0.6 is 0 Å². The number of aromatic nitrogens is 7. The van der Waals surface area contributed by atoms with Gasteiger partial charge in [-0.2, -0.15) is 0 Å². The van der Waals surface area contributed by atoms with Gasteiger partial charge in [0.25, 0.3) is 0 Å². The normalized spacial score (nSPS) is 20.6. The van der Waals surface area contributed by atoms with Gasteiger partial charge in [0.2, 0.25) is 0 Å². The molecule has 4 rings (SSSR count). The van der Waals surface area contributed by atoms with E-state index in [0.29, 0.717) is 6.04 Å². The quantitative estimate of drug-likeness (QED) is 0.732. The van der Waals surface area contributed by atoms with E-state index < -0.39 is 5.97 Å². The number of ether oxygens (including phenoxy) is 1. The van der Waals surface area contributed by atoms with Crippen molar-refractivity contribution in [2.45, 2.75) is 50.7 Å². The maximum Gasteiger partial charge on any atom is 0.360 e. The second kappa shape index (κ2) is 6.51. The summed E-state index contributed by atoms with van der Waals surface area (Å²) in [5, 5.41) is 20.2. The molecule has 1 saturated carbocycles. The van der Waals surface area contributed by atoms with Crippen LogP contribution in [0, 0.1) is 0 Å². The summed E-state index contributed by atoms with van der Waals surface area (Å²) in [6.07, 6.45) is 5.89. The largest absolute Gasteiger partial charge is 0.464 e. The minimum atomic E-state index is -0.454. The molecule has 0 amide bonds. The molecule has 3 heterocycles. The number of hydrogen-bond acceptors (Lipinski definition) is 8. The summed E-state index contributed by atoms with van der Waals surface area (Å²) >= 11 is 0. The number of esters is 1. The van der Waals surface area contributed by atoms with E-state index in [1.54, 1.807) is 10.9 Å². The molecule has 0 radical (unpaired) electrons. The van der Waals surface area contributed by atoms with Crippen molar-refractivity contribution in [3.8, 4) is 0 Å². The topological polar surface area (TPSA) is 104 Å². The molecule has 10 nitrogen and oxygen atoms in total. The summed E-state index contributed by atoms with van der Waals surface area (Å²) in [4.78, 5) is 13.9. The average molecular weight is 346 g/mol. The minimum absolute atomic E-state index is 0.193. The lowest BCUT2D eigenvalue weighted by atomic mass is 10.0. The predicted molar refractivity (Wildman–Crippen MR) is 85.7 cm³/mol. The molecule has 0 aromatic carbocycles. The van der Waals surface area contributed by atoms with E-state index in [1.807, 2.05) is 4.68 Å². The lowest BCUT2D eigenvalue weighted by Gasteiger charge is -2.35. The van der Waals surface area contributed by atoms with E-state index in [1.165, 1.54) is 20.0 Å². The van der Waals surface area contributed by atoms with Crippen LogP contribution in [0.25, 0.3) is 0 Å². The van der Waals surface area contributed by atoms with Gasteiger partial charge in [-0.1, -0.05) is 5.21 Å². The molecule has 0 N–H and O–H groups in total. The standard InChI is InChI=1S/C15H22N8O2/c1-10(14-17-18-20-23(14)12-3-4-12)21-7-5-11(6-8-21)22-9-13(16-19-22)15(24)25-2/h9-12H,3-8H2,1-2H3. The van der Waals surface area contributed by atoms with Crippen molar-refractivity contribution >= 4 is 5.97 Å². The number of piperidine rings is 1. The number of carbonyl (C=O) groups is 1. The fraction of sp³-hybridized carbons (Fsp3) is 0.733. The molecule has 10 heteroatoms. The average Bonchev–Trinajstić information content (AvgIpc) is 3.18. The number of tetrazole rings is 1. The van der Waals surface area contributed by atoms with Crippen LogP contribution in [0.15, 0.2) is 6.20 Å². The zero-order chi connectivity index (χ0) is 17.4. The summed E-state index contributed by atoms with van der Waals surface area (Å²) in [6.45, 7) is 4.02. The zero-order valence-corrected chi connectivity index (χ0v) is 14.4. The van der Waals surface area contributed by atoms with Gasteiger partial charge in [-0.15, -0.1) is 10.2 Å². The third-order valence-corrected chi connectivity index (χ3v) is 5.11. The number of nitrogens with zero attached hydrogens (tertiary/aromatic N) is 8. The second-order valence-corrected chi connectivity index (χ2v) is 6.73. The Morgan fingerprint density at radius 1 is 1.16 bits per heavy atom. The van der Waals surface area contributed by atoms with Gasteiger partial charge in [-0.3, -0.25) is 4.90 Å². The fourth-order valence-electron chi connectivity index (χ4n) is 3.41. The molecule has 1 aliphatic heterocycles. The van der Waals surface area contributed by atoms with E-state index in [2.05, 4.69) is 42.4 Å². The van der Waals surface area contributed by atoms with Crippen LogP contribution in [0.4, 0.5) is 0 Å². The third kappa shape index (κ3) is 3.13. The van der Waals surface area contributed by atoms with Gasteiger partial charge in [0.15, 0.2) is 11.5 Å². The Morgan fingerprint density at radius 2 is 1.92 bits per heavy atom. The number of hydrogen-bond donors (Lipinski definition) is 0. The van der Waals surface area contributed by atoms with Gasteiger partial charge in [0.05, 0.1) is 31.4 Å². The fourth-order valence-corrected chi connectivity index (χ4v) is 3.41. The highest BCUT2D eigenvalue weighted by atomic mass is 16.5. The van der Waals surface area contributed by atoms with Gasteiger partial charge in [-0.25, -0.2) is 14.2 Å². The Hall–Kier alpha value is -2.36. The summed E-state index contributed by atoms with van der Waals surface area (Å²) in [6, 6.07) is 0.920. The van der Waals surface area contributed by atoms with Crippen molar-refractivity contribution < 1.29 is 9.53 Å². The van der Waals surface area contributed by atoms with Crippen molar-refractivity contribution in [3.63, 3.8) is 0 Å². The monoisotopic (exact) mass is 346 g/mol. The first-order valence-corrected chi connectivity index (χ1v) is 8.69. The Morgan fingerprint density at radius 3 is 2.60 bits per heavy atom. The first-order valence-electron chi connectivity index (χ1n) is 8.69. The number of methoxy groups -OCH3 is 1. The van der Waals surface area contributed by atoms with E-state index in [9.17, 15) is 4.79 Å². The molecule has 0 bridgehead atoms. The number of likely N-dealkylation sites (tertiary alicyclic amines) is 1. The Labute approximate surface area is 145 Å². The van der Waals surface area contributed by atoms with Crippen LogP contribution in [0.5, 0.6) is 0 Å². The molecule has 1 aliphatic carbocycles. The Kier molecular flexibility index (Phi) is 4.20. The summed E-state index contributed by atoms with van der Waals surface area (Å²) in [5.41, 5.74) is 0.252. The molecule has 2 aliphatic rings. The smallest absolute Gasteiger partial charge is 0.360 e. The van der Waals surface area contributed by atoms with E-state index in [4.69, 9.17) is 0 Å². The molecule has 2 aromatic rings. The van der Waals surface area contributed by atoms with Gasteiger partial charge in [-0.05, 0) is 43.0 Å². The molecule has 2 fully saturated rings. The number of carbonyl (C=O) groups excluding carboxylic acids is 1. The van der Waals surface area contributed by atoms with Crippen molar-refractivity contribution in [2.24, 2.45) is 0 Å². The minimum Gasteiger partial charge on any atom is -0.464 e. The van der Waals surface area contributed by atoms with Crippen molar-refractivity contribution in [2.75, 3.05) is 20.2 Å². The van der Waals surface area contributed by atoms with Crippen LogP contribution in [-0.2, 0) is 4.74 Å². The van der Waals surface area contributed by atoms with Crippen molar-refractivity contribution in [1.29, 1.82) is 0 Å². The first-order chi connectivity index (χ1) is 12.2. The van der Waals surface area contributed by atoms with Crippen LogP contribution < -0.4 is 0 Å². The molecule has 1 atom stereocenters. The summed E-state index contributed by atoms with van der Waals surface area (Å²) in [7, 11) is 1.34. The third-order valence-electron chi connectivity index (χ3n) is 5.11. The molecule has 1 unspecified atom stereocenters. The van der Waals surface area contributed by atoms with E-state index in [-0.39, 0.29) is 17.8 Å². The lowest BCUT2D eigenvalue weighted by molar-refractivity contribution is 0.0594. The Bertz CT molecular complexity index is 744. The lowest BCUT2D eigenvalue weighted by Crippen LogP contribution is -2.37. The SMILES string of the molecule is COC(=O)c1cn(C2CCN(C(C)c3nnnn3C3CC3)CC2)nn1. The molecule has 25 heavy (non-hydrogen) atoms. The maximum absolute atomic E-state index is 11.5. The van der Waals surface area contributed by atoms with Gasteiger partial charge >= 0.3 is 5.97 Å². The summed E-state index contributed by atoms with van der Waals surface area (Å²) < 4.78 is 8.44. The zero-order valence-electron chi connectivity index (χ0n) is 14.4. The summed E-state index contributed by atoms with van der Waals surface area (Å²) in [5.74, 6) is 0.499. The highest BCUT2D eigenvalue weighted by molar-refractivity contribution is 5.86. The van der Waals surface area contributed by atoms with Crippen LogP contribution in [-0.4, -0.2) is 66.3 Å². The molecule has 1 saturated heterocycles. The van der Waals surface area contributed by atoms with Crippen LogP contribution in [0.3, 0.4) is 0 Å². The van der Waals surface area contributed by atoms with E-state index in [0.717, 1.165) is 31.8 Å². The molecule has 134 valence electrons.